The van der Waals surface area contributed by atoms with Gasteiger partial charge in [-0.1, -0.05) is 32.4 Å². The monoisotopic (exact) mass is 258 g/mol. The fourth-order valence-electron chi connectivity index (χ4n) is 1.57. The van der Waals surface area contributed by atoms with Crippen LogP contribution in [0.3, 0.4) is 0 Å². The molecule has 0 spiro atoms. The molecule has 0 aromatic carbocycles. The molecule has 0 unspecified atom stereocenters. The maximum atomic E-state index is 10.9. The Balaban J connectivity index is 3.13. The summed E-state index contributed by atoms with van der Waals surface area (Å²) in [5.74, 6) is 0.241. The van der Waals surface area contributed by atoms with Gasteiger partial charge in [-0.2, -0.15) is 0 Å². The zero-order valence-electron chi connectivity index (χ0n) is 10.3. The molecule has 0 fully saturated rings. The van der Waals surface area contributed by atoms with Crippen LogP contribution in [0.4, 0.5) is 11.5 Å². The minimum absolute atomic E-state index is 0.0000444. The first-order chi connectivity index (χ1) is 7.72. The van der Waals surface area contributed by atoms with Gasteiger partial charge in [0.2, 0.25) is 11.0 Å². The Hall–Kier alpha value is -1.43. The quantitative estimate of drug-likeness (QED) is 0.473. The molecule has 0 bridgehead atoms. The zero-order chi connectivity index (χ0) is 13.2. The van der Waals surface area contributed by atoms with Gasteiger partial charge < -0.3 is 4.90 Å². The van der Waals surface area contributed by atoms with Gasteiger partial charge in [-0.05, 0) is 5.41 Å². The van der Waals surface area contributed by atoms with Crippen LogP contribution in [0, 0.1) is 15.5 Å². The predicted octanol–water partition coefficient (Wildman–Crippen LogP) is 2.52. The van der Waals surface area contributed by atoms with Gasteiger partial charge in [-0.15, -0.1) is 0 Å². The average Bonchev–Trinajstić information content (AvgIpc) is 2.13. The Kier molecular flexibility index (Phi) is 3.87. The third-order valence-electron chi connectivity index (χ3n) is 2.01. The number of hydrogen-bond acceptors (Lipinski definition) is 5. The molecule has 7 heteroatoms. The highest BCUT2D eigenvalue weighted by Crippen LogP contribution is 2.31. The Morgan fingerprint density at radius 2 is 2.06 bits per heavy atom. The van der Waals surface area contributed by atoms with Gasteiger partial charge in [-0.3, -0.25) is 10.1 Å². The van der Waals surface area contributed by atoms with Gasteiger partial charge in [-0.25, -0.2) is 9.97 Å². The molecule has 6 nitrogen and oxygen atoms in total. The van der Waals surface area contributed by atoms with E-state index >= 15 is 0 Å². The lowest BCUT2D eigenvalue weighted by molar-refractivity contribution is -0.384. The van der Waals surface area contributed by atoms with Crippen molar-refractivity contribution in [2.75, 3.05) is 18.5 Å². The van der Waals surface area contributed by atoms with Crippen LogP contribution in [0.1, 0.15) is 20.8 Å². The van der Waals surface area contributed by atoms with Crippen LogP contribution in [-0.4, -0.2) is 28.5 Å². The smallest absolute Gasteiger partial charge is 0.348 e. The number of halogens is 1. The third-order valence-corrected chi connectivity index (χ3v) is 2.29. The summed E-state index contributed by atoms with van der Waals surface area (Å²) in [6, 6.07) is 0. The molecule has 0 saturated heterocycles. The summed E-state index contributed by atoms with van der Waals surface area (Å²) < 4.78 is 0. The van der Waals surface area contributed by atoms with E-state index in [4.69, 9.17) is 11.6 Å². The lowest BCUT2D eigenvalue weighted by Crippen LogP contribution is -2.30. The number of rotatable bonds is 3. The van der Waals surface area contributed by atoms with Gasteiger partial charge in [0.1, 0.15) is 6.33 Å². The number of aromatic nitrogens is 2. The maximum absolute atomic E-state index is 10.9. The van der Waals surface area contributed by atoms with E-state index in [1.165, 1.54) is 6.33 Å². The largest absolute Gasteiger partial charge is 0.353 e. The van der Waals surface area contributed by atoms with Gasteiger partial charge in [0.15, 0.2) is 0 Å². The van der Waals surface area contributed by atoms with Crippen LogP contribution in [0.5, 0.6) is 0 Å². The molecule has 1 aromatic rings. The van der Waals surface area contributed by atoms with Crippen molar-refractivity contribution >= 4 is 23.1 Å². The maximum Gasteiger partial charge on any atom is 0.348 e. The van der Waals surface area contributed by atoms with Crippen LogP contribution >= 0.6 is 11.6 Å². The lowest BCUT2D eigenvalue weighted by Gasteiger charge is -2.26. The molecule has 0 radical (unpaired) electrons. The minimum atomic E-state index is -0.559. The average molecular weight is 259 g/mol. The molecule has 1 rings (SSSR count). The fraction of sp³-hybridized carbons (Fsp3) is 0.600. The molecule has 0 saturated carbocycles. The topological polar surface area (TPSA) is 72.2 Å². The first-order valence-corrected chi connectivity index (χ1v) is 5.46. The van der Waals surface area contributed by atoms with Crippen molar-refractivity contribution in [3.05, 3.63) is 21.6 Å². The highest BCUT2D eigenvalue weighted by Gasteiger charge is 2.26. The van der Waals surface area contributed by atoms with E-state index < -0.39 is 4.92 Å². The summed E-state index contributed by atoms with van der Waals surface area (Å²) in [5, 5.41) is 10.8. The van der Waals surface area contributed by atoms with Gasteiger partial charge in [0.05, 0.1) is 4.92 Å². The van der Waals surface area contributed by atoms with E-state index in [0.717, 1.165) is 0 Å². The minimum Gasteiger partial charge on any atom is -0.353 e. The van der Waals surface area contributed by atoms with Crippen LogP contribution in [0.15, 0.2) is 6.33 Å². The van der Waals surface area contributed by atoms with Crippen LogP contribution in [0.2, 0.25) is 5.15 Å². The number of hydrogen-bond donors (Lipinski definition) is 0. The van der Waals surface area contributed by atoms with Crippen molar-refractivity contribution in [3.63, 3.8) is 0 Å². The summed E-state index contributed by atoms with van der Waals surface area (Å²) in [6.45, 7) is 6.75. The number of nitro groups is 1. The van der Waals surface area contributed by atoms with E-state index in [2.05, 4.69) is 9.97 Å². The van der Waals surface area contributed by atoms with Gasteiger partial charge in [0.25, 0.3) is 0 Å². The van der Waals surface area contributed by atoms with E-state index in [0.29, 0.717) is 6.54 Å². The SMILES string of the molecule is CN(CC(C)(C)C)c1ncnc(Cl)c1[N+](=O)[O-]. The predicted molar refractivity (Wildman–Crippen MR) is 66.4 cm³/mol. The highest BCUT2D eigenvalue weighted by molar-refractivity contribution is 6.31. The Morgan fingerprint density at radius 1 is 1.47 bits per heavy atom. The number of nitrogens with zero attached hydrogens (tertiary/aromatic N) is 4. The van der Waals surface area contributed by atoms with Crippen molar-refractivity contribution in [2.45, 2.75) is 20.8 Å². The normalized spacial score (nSPS) is 11.4. The standard InChI is InChI=1S/C10H15ClN4O2/c1-10(2,3)5-14(4)9-7(15(16)17)8(11)12-6-13-9/h6H,5H2,1-4H3. The molecular formula is C10H15ClN4O2. The van der Waals surface area contributed by atoms with Gasteiger partial charge >= 0.3 is 5.69 Å². The Labute approximate surface area is 105 Å². The summed E-state index contributed by atoms with van der Waals surface area (Å²) >= 11 is 5.72. The molecule has 0 aliphatic heterocycles. The first-order valence-electron chi connectivity index (χ1n) is 5.08. The zero-order valence-corrected chi connectivity index (χ0v) is 11.0. The molecule has 0 N–H and O–H groups in total. The summed E-state index contributed by atoms with van der Waals surface area (Å²) in [6.07, 6.45) is 1.23. The summed E-state index contributed by atoms with van der Waals surface area (Å²) in [5.41, 5.74) is -0.249. The molecule has 0 aliphatic carbocycles. The molecule has 94 valence electrons. The lowest BCUT2D eigenvalue weighted by atomic mass is 9.96. The van der Waals surface area contributed by atoms with E-state index in [1.807, 2.05) is 20.8 Å². The van der Waals surface area contributed by atoms with Crippen molar-refractivity contribution in [2.24, 2.45) is 5.41 Å². The number of anilines is 1. The second-order valence-electron chi connectivity index (χ2n) is 5.01. The van der Waals surface area contributed by atoms with Crippen molar-refractivity contribution in [3.8, 4) is 0 Å². The van der Waals surface area contributed by atoms with Crippen molar-refractivity contribution < 1.29 is 4.92 Å². The second-order valence-corrected chi connectivity index (χ2v) is 5.37. The highest BCUT2D eigenvalue weighted by atomic mass is 35.5. The first kappa shape index (κ1) is 13.6. The van der Waals surface area contributed by atoms with Gasteiger partial charge in [0, 0.05) is 13.6 Å². The third kappa shape index (κ3) is 3.52. The molecule has 0 atom stereocenters. The fourth-order valence-corrected chi connectivity index (χ4v) is 1.77. The van der Waals surface area contributed by atoms with Crippen molar-refractivity contribution in [1.82, 2.24) is 9.97 Å². The van der Waals surface area contributed by atoms with Crippen LogP contribution in [0.25, 0.3) is 0 Å². The molecule has 1 aromatic heterocycles. The van der Waals surface area contributed by atoms with Crippen LogP contribution < -0.4 is 4.90 Å². The summed E-state index contributed by atoms with van der Waals surface area (Å²) in [7, 11) is 1.75. The molecular weight excluding hydrogens is 244 g/mol. The molecule has 1 heterocycles. The van der Waals surface area contributed by atoms with E-state index in [1.54, 1.807) is 11.9 Å². The molecule has 17 heavy (non-hydrogen) atoms. The Morgan fingerprint density at radius 3 is 2.53 bits per heavy atom. The molecule has 0 aliphatic rings. The van der Waals surface area contributed by atoms with Crippen molar-refractivity contribution in [1.29, 1.82) is 0 Å². The summed E-state index contributed by atoms with van der Waals surface area (Å²) in [4.78, 5) is 19.6. The second kappa shape index (κ2) is 4.83. The Bertz CT molecular complexity index is 431. The van der Waals surface area contributed by atoms with E-state index in [9.17, 15) is 10.1 Å². The van der Waals surface area contributed by atoms with E-state index in [-0.39, 0.29) is 22.1 Å². The van der Waals surface area contributed by atoms with Crippen LogP contribution in [-0.2, 0) is 0 Å². The molecule has 0 amide bonds.